The van der Waals surface area contributed by atoms with Gasteiger partial charge in [-0.2, -0.15) is 0 Å². The lowest BCUT2D eigenvalue weighted by atomic mass is 9.93. The van der Waals surface area contributed by atoms with E-state index < -0.39 is 0 Å². The van der Waals surface area contributed by atoms with Gasteiger partial charge in [-0.3, -0.25) is 9.47 Å². The van der Waals surface area contributed by atoms with Gasteiger partial charge in [-0.25, -0.2) is 4.39 Å². The molecule has 2 aliphatic rings. The zero-order chi connectivity index (χ0) is 20.9. The van der Waals surface area contributed by atoms with Gasteiger partial charge in [0.1, 0.15) is 17.8 Å². The summed E-state index contributed by atoms with van der Waals surface area (Å²) in [4.78, 5) is 2.52. The van der Waals surface area contributed by atoms with Crippen molar-refractivity contribution in [3.05, 3.63) is 71.1 Å². The number of hydrogen-bond donors (Lipinski definition) is 0. The molecule has 1 aliphatic heterocycles. The number of nitrogens with zero attached hydrogens (tertiary/aromatic N) is 4. The Morgan fingerprint density at radius 2 is 1.73 bits per heavy atom. The van der Waals surface area contributed by atoms with Crippen molar-refractivity contribution < 1.29 is 9.13 Å². The van der Waals surface area contributed by atoms with Crippen molar-refractivity contribution in [2.24, 2.45) is 0 Å². The predicted octanol–water partition coefficient (Wildman–Crippen LogP) is 4.55. The first-order chi connectivity index (χ1) is 14.5. The molecule has 30 heavy (non-hydrogen) atoms. The molecule has 1 aromatic heterocycles. The van der Waals surface area contributed by atoms with Crippen LogP contribution in [0.25, 0.3) is 5.69 Å². The third kappa shape index (κ3) is 3.01. The van der Waals surface area contributed by atoms with Crippen LogP contribution in [0.5, 0.6) is 5.75 Å². The van der Waals surface area contributed by atoms with Crippen molar-refractivity contribution >= 4 is 0 Å². The van der Waals surface area contributed by atoms with Gasteiger partial charge in [-0.15, -0.1) is 10.2 Å². The third-order valence-electron chi connectivity index (χ3n) is 6.68. The van der Waals surface area contributed by atoms with Gasteiger partial charge in [0.15, 0.2) is 11.6 Å². The topological polar surface area (TPSA) is 43.2 Å². The summed E-state index contributed by atoms with van der Waals surface area (Å²) in [6.07, 6.45) is 3.14. The Labute approximate surface area is 176 Å². The molecule has 2 aromatic carbocycles. The van der Waals surface area contributed by atoms with Crippen LogP contribution < -0.4 is 4.74 Å². The molecule has 0 spiro atoms. The van der Waals surface area contributed by atoms with Crippen LogP contribution in [0, 0.1) is 19.7 Å². The van der Waals surface area contributed by atoms with E-state index in [1.54, 1.807) is 6.07 Å². The van der Waals surface area contributed by atoms with Crippen LogP contribution in [-0.4, -0.2) is 38.3 Å². The quantitative estimate of drug-likeness (QED) is 0.637. The molecule has 5 nitrogen and oxygen atoms in total. The number of aromatic nitrogens is 3. The number of fused-ring (bicyclic) bond motifs is 1. The van der Waals surface area contributed by atoms with Gasteiger partial charge in [0.05, 0.1) is 11.2 Å². The van der Waals surface area contributed by atoms with Crippen molar-refractivity contribution in [1.29, 1.82) is 0 Å². The second-order valence-corrected chi connectivity index (χ2v) is 8.67. The van der Waals surface area contributed by atoms with Gasteiger partial charge in [-0.1, -0.05) is 24.3 Å². The zero-order valence-corrected chi connectivity index (χ0v) is 17.7. The Bertz CT molecular complexity index is 1070. The van der Waals surface area contributed by atoms with E-state index in [2.05, 4.69) is 40.2 Å². The first kappa shape index (κ1) is 19.2. The third-order valence-corrected chi connectivity index (χ3v) is 6.68. The van der Waals surface area contributed by atoms with Crippen LogP contribution in [0.4, 0.5) is 4.39 Å². The molecule has 0 N–H and O–H groups in total. The van der Waals surface area contributed by atoms with Gasteiger partial charge >= 0.3 is 0 Å². The molecule has 0 amide bonds. The molecule has 2 heterocycles. The molecule has 0 bridgehead atoms. The minimum atomic E-state index is -0.367. The lowest BCUT2D eigenvalue weighted by Gasteiger charge is -2.40. The highest BCUT2D eigenvalue weighted by molar-refractivity contribution is 5.43. The summed E-state index contributed by atoms with van der Waals surface area (Å²) in [5, 5.41) is 8.14. The van der Waals surface area contributed by atoms with Gasteiger partial charge in [0.2, 0.25) is 0 Å². The lowest BCUT2D eigenvalue weighted by Crippen LogP contribution is -2.49. The average Bonchev–Trinajstić information content (AvgIpc) is 3.44. The fraction of sp³-hybridized carbons (Fsp3) is 0.417. The van der Waals surface area contributed by atoms with Crippen LogP contribution in [-0.2, 0) is 6.42 Å². The van der Waals surface area contributed by atoms with Crippen LogP contribution in [0.3, 0.4) is 0 Å². The van der Waals surface area contributed by atoms with Gasteiger partial charge in [-0.05, 0) is 76.4 Å². The molecule has 1 aliphatic carbocycles. The van der Waals surface area contributed by atoms with E-state index in [1.807, 2.05) is 30.5 Å². The second kappa shape index (κ2) is 7.20. The summed E-state index contributed by atoms with van der Waals surface area (Å²) in [5.41, 5.74) is 2.99. The Morgan fingerprint density at radius 1 is 1.03 bits per heavy atom. The summed E-state index contributed by atoms with van der Waals surface area (Å²) >= 11 is 0. The monoisotopic (exact) mass is 406 g/mol. The maximum Gasteiger partial charge on any atom is 0.167 e. The van der Waals surface area contributed by atoms with Crippen molar-refractivity contribution in [2.45, 2.75) is 51.7 Å². The molecule has 6 heteroatoms. The Balaban J connectivity index is 1.50. The smallest absolute Gasteiger partial charge is 0.167 e. The van der Waals surface area contributed by atoms with E-state index in [0.29, 0.717) is 5.69 Å². The molecule has 1 saturated heterocycles. The molecule has 0 saturated carbocycles. The fourth-order valence-electron chi connectivity index (χ4n) is 5.15. The number of halogens is 1. The number of benzene rings is 2. The molecule has 2 unspecified atom stereocenters. The van der Waals surface area contributed by atoms with Gasteiger partial charge in [0, 0.05) is 6.07 Å². The Hall–Kier alpha value is -2.73. The molecular weight excluding hydrogens is 379 g/mol. The number of hydrogen-bond acceptors (Lipinski definition) is 4. The predicted molar refractivity (Wildman–Crippen MR) is 114 cm³/mol. The number of aryl methyl sites for hydroxylation is 2. The molecule has 5 rings (SSSR count). The van der Waals surface area contributed by atoms with Crippen molar-refractivity contribution in [3.8, 4) is 11.4 Å². The SMILES string of the molecule is Cc1nnc(C)n1-c1ccc(OC2c3ccccc3CC2(C)N2CCCC2)c(F)c1. The lowest BCUT2D eigenvalue weighted by molar-refractivity contribution is 0.0164. The molecule has 1 fully saturated rings. The number of likely N-dealkylation sites (tertiary alicyclic amines) is 1. The Kier molecular flexibility index (Phi) is 4.62. The molecule has 3 aromatic rings. The van der Waals surface area contributed by atoms with Gasteiger partial charge < -0.3 is 4.74 Å². The van der Waals surface area contributed by atoms with E-state index in [0.717, 1.165) is 31.2 Å². The normalized spacial score (nSPS) is 23.7. The second-order valence-electron chi connectivity index (χ2n) is 8.67. The van der Waals surface area contributed by atoms with E-state index in [1.165, 1.54) is 30.0 Å². The maximum atomic E-state index is 15.2. The summed E-state index contributed by atoms with van der Waals surface area (Å²) in [7, 11) is 0. The van der Waals surface area contributed by atoms with Crippen molar-refractivity contribution in [2.75, 3.05) is 13.1 Å². The standard InChI is InChI=1S/C24H27FN4O/c1-16-26-27-17(2)29(16)19-10-11-22(21(25)14-19)30-23-20-9-5-4-8-18(20)15-24(23,3)28-12-6-7-13-28/h4-5,8-11,14,23H,6-7,12-13,15H2,1-3H3. The molecule has 0 radical (unpaired) electrons. The Morgan fingerprint density at radius 3 is 2.43 bits per heavy atom. The van der Waals surface area contributed by atoms with E-state index in [4.69, 9.17) is 4.74 Å². The highest BCUT2D eigenvalue weighted by atomic mass is 19.1. The molecule has 156 valence electrons. The van der Waals surface area contributed by atoms with Crippen LogP contribution in [0.15, 0.2) is 42.5 Å². The summed E-state index contributed by atoms with van der Waals surface area (Å²) in [6, 6.07) is 13.5. The first-order valence-corrected chi connectivity index (χ1v) is 10.7. The fourth-order valence-corrected chi connectivity index (χ4v) is 5.15. The number of rotatable bonds is 4. The van der Waals surface area contributed by atoms with Crippen molar-refractivity contribution in [1.82, 2.24) is 19.7 Å². The first-order valence-electron chi connectivity index (χ1n) is 10.7. The minimum absolute atomic E-state index is 0.174. The zero-order valence-electron chi connectivity index (χ0n) is 17.7. The number of ether oxygens (including phenoxy) is 1. The summed E-state index contributed by atoms with van der Waals surface area (Å²) in [6.45, 7) is 8.12. The van der Waals surface area contributed by atoms with Crippen LogP contribution >= 0.6 is 0 Å². The van der Waals surface area contributed by atoms with Gasteiger partial charge in [0.25, 0.3) is 0 Å². The van der Waals surface area contributed by atoms with E-state index >= 15 is 4.39 Å². The summed E-state index contributed by atoms with van der Waals surface area (Å²) < 4.78 is 23.4. The average molecular weight is 407 g/mol. The van der Waals surface area contributed by atoms with E-state index in [-0.39, 0.29) is 23.2 Å². The highest BCUT2D eigenvalue weighted by Gasteiger charge is 2.49. The van der Waals surface area contributed by atoms with Crippen LogP contribution in [0.1, 0.15) is 48.6 Å². The van der Waals surface area contributed by atoms with Crippen molar-refractivity contribution in [3.63, 3.8) is 0 Å². The highest BCUT2D eigenvalue weighted by Crippen LogP contribution is 2.46. The molecule has 2 atom stereocenters. The van der Waals surface area contributed by atoms with Crippen LogP contribution in [0.2, 0.25) is 0 Å². The largest absolute Gasteiger partial charge is 0.481 e. The minimum Gasteiger partial charge on any atom is -0.481 e. The molecular formula is C24H27FN4O. The maximum absolute atomic E-state index is 15.2. The van der Waals surface area contributed by atoms with E-state index in [9.17, 15) is 0 Å². The summed E-state index contributed by atoms with van der Waals surface area (Å²) in [5.74, 6) is 1.38.